The zero-order valence-electron chi connectivity index (χ0n) is 10.9. The minimum atomic E-state index is -0.778. The normalized spacial score (nSPS) is 14.7. The predicted molar refractivity (Wildman–Crippen MR) is 76.3 cm³/mol. The fraction of sp³-hybridized carbons (Fsp3) is 0.500. The number of hydrogen-bond donors (Lipinski definition) is 1. The topological polar surface area (TPSA) is 49.8 Å². The first-order valence-corrected chi connectivity index (χ1v) is 7.14. The van der Waals surface area contributed by atoms with E-state index in [1.807, 2.05) is 23.1 Å². The number of aliphatic carboxylic acids is 1. The molecule has 0 spiro atoms. The standard InChI is InChI=1S/C14H18BrNO3/c1-19-12-4-5-13(15)11(6-12)8-16(9-14(17)18)7-10-2-3-10/h4-6,10H,2-3,7-9H2,1H3,(H,17,18). The average Bonchev–Trinajstić information content (AvgIpc) is 3.15. The first-order valence-electron chi connectivity index (χ1n) is 6.35. The quantitative estimate of drug-likeness (QED) is 0.836. The van der Waals surface area contributed by atoms with Crippen molar-refractivity contribution in [3.63, 3.8) is 0 Å². The van der Waals surface area contributed by atoms with Gasteiger partial charge in [0.2, 0.25) is 0 Å². The number of ether oxygens (including phenoxy) is 1. The van der Waals surface area contributed by atoms with Crippen LogP contribution in [-0.4, -0.2) is 36.2 Å². The van der Waals surface area contributed by atoms with Crippen LogP contribution in [0.1, 0.15) is 18.4 Å². The predicted octanol–water partition coefficient (Wildman–Crippen LogP) is 2.75. The van der Waals surface area contributed by atoms with Crippen molar-refractivity contribution in [2.45, 2.75) is 19.4 Å². The van der Waals surface area contributed by atoms with Gasteiger partial charge in [0.05, 0.1) is 13.7 Å². The molecule has 1 aromatic rings. The van der Waals surface area contributed by atoms with E-state index < -0.39 is 5.97 Å². The molecular formula is C14H18BrNO3. The van der Waals surface area contributed by atoms with E-state index in [0.29, 0.717) is 12.5 Å². The van der Waals surface area contributed by atoms with Gasteiger partial charge in [-0.05, 0) is 42.5 Å². The van der Waals surface area contributed by atoms with E-state index in [-0.39, 0.29) is 6.54 Å². The third-order valence-corrected chi connectivity index (χ3v) is 3.99. The molecule has 104 valence electrons. The lowest BCUT2D eigenvalue weighted by molar-refractivity contribution is -0.138. The molecule has 0 amide bonds. The third kappa shape index (κ3) is 4.51. The summed E-state index contributed by atoms with van der Waals surface area (Å²) in [6.45, 7) is 1.57. The summed E-state index contributed by atoms with van der Waals surface area (Å²) in [5.41, 5.74) is 1.06. The molecule has 0 atom stereocenters. The van der Waals surface area contributed by atoms with Gasteiger partial charge in [0, 0.05) is 17.6 Å². The molecule has 0 bridgehead atoms. The lowest BCUT2D eigenvalue weighted by atomic mass is 10.2. The molecule has 0 radical (unpaired) electrons. The molecule has 1 aliphatic carbocycles. The van der Waals surface area contributed by atoms with Gasteiger partial charge in [-0.25, -0.2) is 0 Å². The Morgan fingerprint density at radius 2 is 2.26 bits per heavy atom. The molecular weight excluding hydrogens is 310 g/mol. The SMILES string of the molecule is COc1ccc(Br)c(CN(CC(=O)O)CC2CC2)c1. The summed E-state index contributed by atoms with van der Waals surface area (Å²) < 4.78 is 6.20. The molecule has 1 aliphatic rings. The minimum Gasteiger partial charge on any atom is -0.497 e. The van der Waals surface area contributed by atoms with E-state index in [1.165, 1.54) is 12.8 Å². The van der Waals surface area contributed by atoms with Crippen molar-refractivity contribution in [2.24, 2.45) is 5.92 Å². The Kier molecular flexibility index (Phi) is 4.82. The highest BCUT2D eigenvalue weighted by atomic mass is 79.9. The van der Waals surface area contributed by atoms with Crippen LogP contribution < -0.4 is 4.74 Å². The molecule has 1 fully saturated rings. The van der Waals surface area contributed by atoms with Crippen molar-refractivity contribution >= 4 is 21.9 Å². The van der Waals surface area contributed by atoms with Crippen LogP contribution in [0.25, 0.3) is 0 Å². The van der Waals surface area contributed by atoms with E-state index >= 15 is 0 Å². The Hall–Kier alpha value is -1.07. The number of carboxylic acid groups (broad SMARTS) is 1. The summed E-state index contributed by atoms with van der Waals surface area (Å²) in [6.07, 6.45) is 2.44. The number of hydrogen-bond acceptors (Lipinski definition) is 3. The zero-order chi connectivity index (χ0) is 13.8. The Morgan fingerprint density at radius 3 is 2.84 bits per heavy atom. The maximum Gasteiger partial charge on any atom is 0.317 e. The van der Waals surface area contributed by atoms with Crippen LogP contribution in [0.4, 0.5) is 0 Å². The molecule has 0 aromatic heterocycles. The second kappa shape index (κ2) is 6.39. The van der Waals surface area contributed by atoms with Gasteiger partial charge in [-0.15, -0.1) is 0 Å². The van der Waals surface area contributed by atoms with Gasteiger partial charge >= 0.3 is 5.97 Å². The number of methoxy groups -OCH3 is 1. The van der Waals surface area contributed by atoms with Gasteiger partial charge in [-0.2, -0.15) is 0 Å². The summed E-state index contributed by atoms with van der Waals surface area (Å²) in [5.74, 6) is 0.684. The van der Waals surface area contributed by atoms with Crippen molar-refractivity contribution < 1.29 is 14.6 Å². The maximum absolute atomic E-state index is 10.9. The summed E-state index contributed by atoms with van der Waals surface area (Å²) in [4.78, 5) is 12.9. The average molecular weight is 328 g/mol. The second-order valence-electron chi connectivity index (χ2n) is 4.96. The summed E-state index contributed by atoms with van der Waals surface area (Å²) >= 11 is 3.51. The van der Waals surface area contributed by atoms with Crippen molar-refractivity contribution in [2.75, 3.05) is 20.2 Å². The van der Waals surface area contributed by atoms with Crippen molar-refractivity contribution in [1.82, 2.24) is 4.90 Å². The lowest BCUT2D eigenvalue weighted by Gasteiger charge is -2.21. The van der Waals surface area contributed by atoms with Crippen LogP contribution in [-0.2, 0) is 11.3 Å². The van der Waals surface area contributed by atoms with Gasteiger partial charge in [-0.1, -0.05) is 15.9 Å². The molecule has 19 heavy (non-hydrogen) atoms. The number of benzene rings is 1. The maximum atomic E-state index is 10.9. The van der Waals surface area contributed by atoms with Crippen LogP contribution in [0.3, 0.4) is 0 Å². The van der Waals surface area contributed by atoms with Gasteiger partial charge in [0.15, 0.2) is 0 Å². The molecule has 0 saturated heterocycles. The van der Waals surface area contributed by atoms with Crippen LogP contribution >= 0.6 is 15.9 Å². The zero-order valence-corrected chi connectivity index (χ0v) is 12.5. The largest absolute Gasteiger partial charge is 0.497 e. The molecule has 4 nitrogen and oxygen atoms in total. The Labute approximate surface area is 121 Å². The van der Waals surface area contributed by atoms with Crippen LogP contribution in [0.2, 0.25) is 0 Å². The Balaban J connectivity index is 2.07. The monoisotopic (exact) mass is 327 g/mol. The highest BCUT2D eigenvalue weighted by Gasteiger charge is 2.25. The summed E-state index contributed by atoms with van der Waals surface area (Å²) in [6, 6.07) is 5.77. The number of nitrogens with zero attached hydrogens (tertiary/aromatic N) is 1. The fourth-order valence-corrected chi connectivity index (χ4v) is 2.45. The third-order valence-electron chi connectivity index (χ3n) is 3.22. The van der Waals surface area contributed by atoms with Crippen LogP contribution in [0.15, 0.2) is 22.7 Å². The van der Waals surface area contributed by atoms with Gasteiger partial charge in [0.1, 0.15) is 5.75 Å². The molecule has 0 aliphatic heterocycles. The van der Waals surface area contributed by atoms with Crippen LogP contribution in [0.5, 0.6) is 5.75 Å². The number of rotatable bonds is 7. The highest BCUT2D eigenvalue weighted by Crippen LogP contribution is 2.31. The summed E-state index contributed by atoms with van der Waals surface area (Å²) in [5, 5.41) is 8.99. The molecule has 1 saturated carbocycles. The van der Waals surface area contributed by atoms with E-state index in [0.717, 1.165) is 22.3 Å². The number of halogens is 1. The fourth-order valence-electron chi connectivity index (χ4n) is 2.08. The molecule has 0 unspecified atom stereocenters. The van der Waals surface area contributed by atoms with Gasteiger partial charge in [-0.3, -0.25) is 9.69 Å². The molecule has 1 N–H and O–H groups in total. The van der Waals surface area contributed by atoms with Crippen molar-refractivity contribution in [1.29, 1.82) is 0 Å². The number of carbonyl (C=O) groups is 1. The molecule has 0 heterocycles. The first kappa shape index (κ1) is 14.3. The molecule has 5 heteroatoms. The van der Waals surface area contributed by atoms with Gasteiger partial charge < -0.3 is 9.84 Å². The van der Waals surface area contributed by atoms with E-state index in [2.05, 4.69) is 15.9 Å². The van der Waals surface area contributed by atoms with Crippen molar-refractivity contribution in [3.05, 3.63) is 28.2 Å². The highest BCUT2D eigenvalue weighted by molar-refractivity contribution is 9.10. The van der Waals surface area contributed by atoms with E-state index in [4.69, 9.17) is 9.84 Å². The Morgan fingerprint density at radius 1 is 1.53 bits per heavy atom. The number of carboxylic acids is 1. The Bertz CT molecular complexity index is 460. The van der Waals surface area contributed by atoms with E-state index in [9.17, 15) is 4.79 Å². The van der Waals surface area contributed by atoms with E-state index in [1.54, 1.807) is 7.11 Å². The van der Waals surface area contributed by atoms with Crippen molar-refractivity contribution in [3.8, 4) is 5.75 Å². The van der Waals surface area contributed by atoms with Gasteiger partial charge in [0.25, 0.3) is 0 Å². The molecule has 2 rings (SSSR count). The summed E-state index contributed by atoms with van der Waals surface area (Å²) in [7, 11) is 1.63. The van der Waals surface area contributed by atoms with Crippen LogP contribution in [0, 0.1) is 5.92 Å². The first-order chi connectivity index (χ1) is 9.08. The lowest BCUT2D eigenvalue weighted by Crippen LogP contribution is -2.31. The second-order valence-corrected chi connectivity index (χ2v) is 5.82. The molecule has 1 aromatic carbocycles. The smallest absolute Gasteiger partial charge is 0.317 e. The minimum absolute atomic E-state index is 0.0835.